The molecule has 0 heterocycles. The molecule has 0 saturated carbocycles. The first kappa shape index (κ1) is 11.5. The van der Waals surface area contributed by atoms with Gasteiger partial charge < -0.3 is 9.84 Å². The zero-order valence-corrected chi connectivity index (χ0v) is 9.30. The van der Waals surface area contributed by atoms with Crippen LogP contribution in [-0.4, -0.2) is 11.1 Å². The first-order valence-electron chi connectivity index (χ1n) is 5.45. The highest BCUT2D eigenvalue weighted by Crippen LogP contribution is 2.25. The van der Waals surface area contributed by atoms with Gasteiger partial charge in [-0.2, -0.15) is 0 Å². The van der Waals surface area contributed by atoms with Crippen molar-refractivity contribution in [3.8, 4) is 5.75 Å². The quantitative estimate of drug-likeness (QED) is 0.800. The molecule has 1 radical (unpaired) electrons. The highest BCUT2D eigenvalue weighted by atomic mass is 16.5. The molecule has 0 amide bonds. The second kappa shape index (κ2) is 5.34. The lowest BCUT2D eigenvalue weighted by molar-refractivity contribution is -0.137. The molecule has 87 valence electrons. The van der Waals surface area contributed by atoms with Crippen LogP contribution in [-0.2, 0) is 4.79 Å². The van der Waals surface area contributed by atoms with E-state index in [-0.39, 0.29) is 6.42 Å². The lowest BCUT2D eigenvalue weighted by Crippen LogP contribution is -1.97. The van der Waals surface area contributed by atoms with E-state index in [0.29, 0.717) is 6.42 Å². The first-order valence-corrected chi connectivity index (χ1v) is 5.45. The van der Waals surface area contributed by atoms with Crippen LogP contribution in [0, 0.1) is 6.61 Å². The van der Waals surface area contributed by atoms with Crippen LogP contribution in [0.25, 0.3) is 10.8 Å². The minimum atomic E-state index is -0.817. The van der Waals surface area contributed by atoms with Gasteiger partial charge in [-0.05, 0) is 17.9 Å². The molecule has 0 bridgehead atoms. The molecule has 0 aliphatic carbocycles. The number of hydrogen-bond acceptors (Lipinski definition) is 2. The van der Waals surface area contributed by atoms with E-state index in [0.717, 1.165) is 16.5 Å². The average molecular weight is 229 g/mol. The molecule has 1 N–H and O–H groups in total. The Morgan fingerprint density at radius 3 is 2.76 bits per heavy atom. The largest absolute Gasteiger partial charge is 0.486 e. The fourth-order valence-corrected chi connectivity index (χ4v) is 1.63. The number of carboxylic acids is 1. The average Bonchev–Trinajstić information content (AvgIpc) is 2.34. The van der Waals surface area contributed by atoms with E-state index in [9.17, 15) is 4.79 Å². The minimum absolute atomic E-state index is 0.0881. The molecule has 0 spiro atoms. The van der Waals surface area contributed by atoms with Crippen LogP contribution in [0.1, 0.15) is 12.8 Å². The van der Waals surface area contributed by atoms with Gasteiger partial charge in [0.25, 0.3) is 0 Å². The van der Waals surface area contributed by atoms with Crippen molar-refractivity contribution in [2.24, 2.45) is 0 Å². The number of aliphatic carboxylic acids is 1. The first-order chi connectivity index (χ1) is 8.27. The van der Waals surface area contributed by atoms with Gasteiger partial charge in [-0.3, -0.25) is 4.79 Å². The van der Waals surface area contributed by atoms with Crippen molar-refractivity contribution in [3.05, 3.63) is 49.1 Å². The Balaban J connectivity index is 2.05. The third-order valence-corrected chi connectivity index (χ3v) is 2.44. The molecule has 0 aromatic heterocycles. The SMILES string of the molecule is O=C(O)CC[CH]Oc1cccc2ccccc12. The molecule has 2 aromatic rings. The fourth-order valence-electron chi connectivity index (χ4n) is 1.63. The van der Waals surface area contributed by atoms with Crippen LogP contribution < -0.4 is 4.74 Å². The van der Waals surface area contributed by atoms with E-state index >= 15 is 0 Å². The van der Waals surface area contributed by atoms with E-state index in [1.165, 1.54) is 6.61 Å². The maximum absolute atomic E-state index is 10.3. The number of rotatable bonds is 5. The topological polar surface area (TPSA) is 46.5 Å². The van der Waals surface area contributed by atoms with Gasteiger partial charge in [0, 0.05) is 11.8 Å². The lowest BCUT2D eigenvalue weighted by Gasteiger charge is -2.07. The summed E-state index contributed by atoms with van der Waals surface area (Å²) in [6.07, 6.45) is 0.489. The summed E-state index contributed by atoms with van der Waals surface area (Å²) >= 11 is 0. The number of carboxylic acid groups (broad SMARTS) is 1. The van der Waals surface area contributed by atoms with Crippen molar-refractivity contribution in [1.82, 2.24) is 0 Å². The van der Waals surface area contributed by atoms with Crippen LogP contribution in [0.4, 0.5) is 0 Å². The Bertz CT molecular complexity index is 514. The highest BCUT2D eigenvalue weighted by Gasteiger charge is 2.02. The summed E-state index contributed by atoms with van der Waals surface area (Å²) in [5.74, 6) is -0.0590. The van der Waals surface area contributed by atoms with Crippen LogP contribution in [0.2, 0.25) is 0 Å². The smallest absolute Gasteiger partial charge is 0.303 e. The predicted molar refractivity (Wildman–Crippen MR) is 65.7 cm³/mol. The molecule has 0 fully saturated rings. The van der Waals surface area contributed by atoms with Crippen molar-refractivity contribution < 1.29 is 14.6 Å². The molecule has 0 atom stereocenters. The molecular formula is C14H13O3. The third kappa shape index (κ3) is 2.97. The van der Waals surface area contributed by atoms with Gasteiger partial charge >= 0.3 is 5.97 Å². The van der Waals surface area contributed by atoms with Crippen molar-refractivity contribution in [3.63, 3.8) is 0 Å². The van der Waals surface area contributed by atoms with E-state index in [2.05, 4.69) is 0 Å². The van der Waals surface area contributed by atoms with E-state index < -0.39 is 5.97 Å². The van der Waals surface area contributed by atoms with Crippen molar-refractivity contribution in [1.29, 1.82) is 0 Å². The summed E-state index contributed by atoms with van der Waals surface area (Å²) in [6, 6.07) is 13.7. The van der Waals surface area contributed by atoms with Gasteiger partial charge in [0.2, 0.25) is 0 Å². The second-order valence-electron chi connectivity index (χ2n) is 3.69. The molecular weight excluding hydrogens is 216 g/mol. The second-order valence-corrected chi connectivity index (χ2v) is 3.69. The molecule has 3 nitrogen and oxygen atoms in total. The zero-order valence-electron chi connectivity index (χ0n) is 9.30. The summed E-state index contributed by atoms with van der Waals surface area (Å²) in [5.41, 5.74) is 0. The summed E-state index contributed by atoms with van der Waals surface area (Å²) < 4.78 is 5.48. The number of benzene rings is 2. The number of hydrogen-bond donors (Lipinski definition) is 1. The molecule has 2 rings (SSSR count). The number of carbonyl (C=O) groups is 1. The maximum atomic E-state index is 10.3. The summed E-state index contributed by atoms with van der Waals surface area (Å²) in [4.78, 5) is 10.3. The Morgan fingerprint density at radius 1 is 1.18 bits per heavy atom. The molecule has 0 aliphatic rings. The fraction of sp³-hybridized carbons (Fsp3) is 0.143. The van der Waals surface area contributed by atoms with Crippen molar-refractivity contribution in [2.45, 2.75) is 12.8 Å². The normalized spacial score (nSPS) is 10.4. The minimum Gasteiger partial charge on any atom is -0.486 e. The summed E-state index contributed by atoms with van der Waals surface area (Å²) in [7, 11) is 0. The summed E-state index contributed by atoms with van der Waals surface area (Å²) in [5, 5.41) is 10.6. The Labute approximate surface area is 99.6 Å². The summed E-state index contributed by atoms with van der Waals surface area (Å²) in [6.45, 7) is 1.54. The Morgan fingerprint density at radius 2 is 1.94 bits per heavy atom. The predicted octanol–water partition coefficient (Wildman–Crippen LogP) is 3.25. The Kier molecular flexibility index (Phi) is 3.60. The lowest BCUT2D eigenvalue weighted by atomic mass is 10.1. The molecule has 17 heavy (non-hydrogen) atoms. The highest BCUT2D eigenvalue weighted by molar-refractivity contribution is 5.88. The van der Waals surface area contributed by atoms with Gasteiger partial charge in [0.1, 0.15) is 12.4 Å². The van der Waals surface area contributed by atoms with Crippen molar-refractivity contribution >= 4 is 16.7 Å². The van der Waals surface area contributed by atoms with Gasteiger partial charge in [-0.15, -0.1) is 0 Å². The molecule has 0 saturated heterocycles. The van der Waals surface area contributed by atoms with Crippen LogP contribution in [0.5, 0.6) is 5.75 Å². The number of fused-ring (bicyclic) bond motifs is 1. The molecule has 0 aliphatic heterocycles. The van der Waals surface area contributed by atoms with Gasteiger partial charge in [0.15, 0.2) is 0 Å². The van der Waals surface area contributed by atoms with Crippen LogP contribution in [0.15, 0.2) is 42.5 Å². The standard InChI is InChI=1S/C14H13O3/c15-14(16)9-4-10-17-13-8-3-6-11-5-1-2-7-12(11)13/h1-3,5-8,10H,4,9H2,(H,15,16). The van der Waals surface area contributed by atoms with Crippen molar-refractivity contribution in [2.75, 3.05) is 0 Å². The van der Waals surface area contributed by atoms with Crippen LogP contribution in [0.3, 0.4) is 0 Å². The zero-order chi connectivity index (χ0) is 12.1. The molecule has 3 heteroatoms. The van der Waals surface area contributed by atoms with E-state index in [1.807, 2.05) is 42.5 Å². The molecule has 0 unspecified atom stereocenters. The maximum Gasteiger partial charge on any atom is 0.303 e. The molecule has 2 aromatic carbocycles. The monoisotopic (exact) mass is 229 g/mol. The Hall–Kier alpha value is -2.03. The van der Waals surface area contributed by atoms with Gasteiger partial charge in [0.05, 0.1) is 0 Å². The van der Waals surface area contributed by atoms with E-state index in [1.54, 1.807) is 0 Å². The number of ether oxygens (including phenoxy) is 1. The van der Waals surface area contributed by atoms with Gasteiger partial charge in [-0.25, -0.2) is 0 Å². The van der Waals surface area contributed by atoms with E-state index in [4.69, 9.17) is 9.84 Å². The third-order valence-electron chi connectivity index (χ3n) is 2.44. The van der Waals surface area contributed by atoms with Crippen LogP contribution >= 0.6 is 0 Å². The van der Waals surface area contributed by atoms with Gasteiger partial charge in [-0.1, -0.05) is 36.4 Å².